The minimum absolute atomic E-state index is 0.00775. The Labute approximate surface area is 129 Å². The Balaban J connectivity index is 2.18. The van der Waals surface area contributed by atoms with Crippen LogP contribution in [-0.2, 0) is 6.54 Å². The van der Waals surface area contributed by atoms with Crippen LogP contribution in [0.2, 0.25) is 0 Å². The van der Waals surface area contributed by atoms with Gasteiger partial charge in [-0.3, -0.25) is 0 Å². The van der Waals surface area contributed by atoms with Gasteiger partial charge in [0.2, 0.25) is 0 Å². The molecule has 0 aliphatic carbocycles. The Morgan fingerprint density at radius 3 is 2.57 bits per heavy atom. The number of nitrogen functional groups attached to an aromatic ring is 1. The molecule has 0 unspecified atom stereocenters. The molecule has 3 N–H and O–H groups in total. The smallest absolute Gasteiger partial charge is 0.178 e. The fourth-order valence-corrected chi connectivity index (χ4v) is 2.72. The first-order valence-electron chi connectivity index (χ1n) is 6.79. The van der Waals surface area contributed by atoms with Crippen molar-refractivity contribution in [1.82, 2.24) is 0 Å². The number of ether oxygens (including phenoxy) is 1. The van der Waals surface area contributed by atoms with Crippen molar-refractivity contribution in [3.8, 4) is 11.8 Å². The lowest BCUT2D eigenvalue weighted by Gasteiger charge is -2.12. The van der Waals surface area contributed by atoms with Gasteiger partial charge in [-0.2, -0.15) is 5.26 Å². The molecule has 0 fully saturated rings. The molecule has 2 rings (SSSR count). The van der Waals surface area contributed by atoms with Crippen molar-refractivity contribution >= 4 is 22.0 Å². The van der Waals surface area contributed by atoms with E-state index in [4.69, 9.17) is 15.7 Å². The van der Waals surface area contributed by atoms with Gasteiger partial charge in [-0.15, -0.1) is 11.3 Å². The molecule has 110 valence electrons. The van der Waals surface area contributed by atoms with E-state index in [0.717, 1.165) is 5.00 Å². The summed E-state index contributed by atoms with van der Waals surface area (Å²) in [4.78, 5) is 0.483. The highest BCUT2D eigenvalue weighted by molar-refractivity contribution is 7.17. The molecule has 2 aromatic rings. The highest BCUT2D eigenvalue weighted by Crippen LogP contribution is 2.42. The number of nitrogens with zero attached hydrogens (tertiary/aromatic N) is 1. The second kappa shape index (κ2) is 6.51. The van der Waals surface area contributed by atoms with Crippen LogP contribution in [-0.4, -0.2) is 6.10 Å². The molecule has 0 radical (unpaired) electrons. The molecule has 4 nitrogen and oxygen atoms in total. The third-order valence-corrected chi connectivity index (χ3v) is 3.98. The SMILES string of the molecule is Cc1ccc(CNc2sc(C#N)c(N)c2OC(C)C)cc1. The molecule has 1 heterocycles. The van der Waals surface area contributed by atoms with Crippen LogP contribution in [0.5, 0.6) is 5.75 Å². The summed E-state index contributed by atoms with van der Waals surface area (Å²) < 4.78 is 5.74. The van der Waals surface area contributed by atoms with Crippen molar-refractivity contribution in [3.63, 3.8) is 0 Å². The van der Waals surface area contributed by atoms with Crippen molar-refractivity contribution < 1.29 is 4.74 Å². The van der Waals surface area contributed by atoms with Crippen LogP contribution in [0.15, 0.2) is 24.3 Å². The topological polar surface area (TPSA) is 71.1 Å². The average molecular weight is 301 g/mol. The number of hydrogen-bond donors (Lipinski definition) is 2. The lowest BCUT2D eigenvalue weighted by molar-refractivity contribution is 0.246. The number of nitriles is 1. The number of hydrogen-bond acceptors (Lipinski definition) is 5. The van der Waals surface area contributed by atoms with Crippen LogP contribution in [0, 0.1) is 18.3 Å². The predicted molar refractivity (Wildman–Crippen MR) is 87.7 cm³/mol. The van der Waals surface area contributed by atoms with E-state index in [1.165, 1.54) is 22.5 Å². The average Bonchev–Trinajstić information content (AvgIpc) is 2.74. The van der Waals surface area contributed by atoms with E-state index < -0.39 is 0 Å². The number of aryl methyl sites for hydroxylation is 1. The zero-order valence-corrected chi connectivity index (χ0v) is 13.3. The lowest BCUT2D eigenvalue weighted by atomic mass is 10.1. The number of nitrogens with two attached hydrogens (primary N) is 1. The summed E-state index contributed by atoms with van der Waals surface area (Å²) in [5, 5.41) is 13.2. The molecular formula is C16H19N3OS. The van der Waals surface area contributed by atoms with Gasteiger partial charge in [0.15, 0.2) is 5.75 Å². The molecule has 21 heavy (non-hydrogen) atoms. The molecule has 0 saturated heterocycles. The van der Waals surface area contributed by atoms with Gasteiger partial charge in [0.25, 0.3) is 0 Å². The van der Waals surface area contributed by atoms with Crippen LogP contribution >= 0.6 is 11.3 Å². The first-order valence-corrected chi connectivity index (χ1v) is 7.61. The standard InChI is InChI=1S/C16H19N3OS/c1-10(2)20-15-14(18)13(8-17)21-16(15)19-9-12-6-4-11(3)5-7-12/h4-7,10,19H,9,18H2,1-3H3. The van der Waals surface area contributed by atoms with Crippen LogP contribution in [0.25, 0.3) is 0 Å². The summed E-state index contributed by atoms with van der Waals surface area (Å²) in [6.07, 6.45) is 0.00775. The molecular weight excluding hydrogens is 282 g/mol. The second-order valence-corrected chi connectivity index (χ2v) is 6.14. The quantitative estimate of drug-likeness (QED) is 0.878. The third-order valence-electron chi connectivity index (χ3n) is 2.93. The van der Waals surface area contributed by atoms with Gasteiger partial charge in [-0.05, 0) is 26.3 Å². The van der Waals surface area contributed by atoms with E-state index in [2.05, 4.69) is 42.6 Å². The summed E-state index contributed by atoms with van der Waals surface area (Å²) >= 11 is 1.33. The van der Waals surface area contributed by atoms with Gasteiger partial charge in [0.1, 0.15) is 21.6 Å². The highest BCUT2D eigenvalue weighted by Gasteiger charge is 2.18. The van der Waals surface area contributed by atoms with Crippen molar-refractivity contribution in [3.05, 3.63) is 40.3 Å². The number of benzene rings is 1. The van der Waals surface area contributed by atoms with Gasteiger partial charge < -0.3 is 15.8 Å². The summed E-state index contributed by atoms with van der Waals surface area (Å²) in [7, 11) is 0. The van der Waals surface area contributed by atoms with E-state index in [1.807, 2.05) is 13.8 Å². The number of thiophene rings is 1. The van der Waals surface area contributed by atoms with Gasteiger partial charge >= 0.3 is 0 Å². The first kappa shape index (κ1) is 15.2. The molecule has 5 heteroatoms. The molecule has 0 aliphatic heterocycles. The van der Waals surface area contributed by atoms with E-state index in [-0.39, 0.29) is 6.10 Å². The molecule has 0 atom stereocenters. The fraction of sp³-hybridized carbons (Fsp3) is 0.312. The molecule has 0 aliphatic rings. The maximum absolute atomic E-state index is 9.10. The zero-order chi connectivity index (χ0) is 15.4. The molecule has 0 saturated carbocycles. The molecule has 1 aromatic heterocycles. The Hall–Kier alpha value is -2.19. The van der Waals surface area contributed by atoms with Gasteiger partial charge in [-0.1, -0.05) is 29.8 Å². The lowest BCUT2D eigenvalue weighted by Crippen LogP contribution is -2.08. The van der Waals surface area contributed by atoms with E-state index in [1.54, 1.807) is 0 Å². The van der Waals surface area contributed by atoms with E-state index in [9.17, 15) is 0 Å². The first-order chi connectivity index (χ1) is 10.0. The van der Waals surface area contributed by atoms with Crippen molar-refractivity contribution in [2.75, 3.05) is 11.1 Å². The van der Waals surface area contributed by atoms with E-state index in [0.29, 0.717) is 22.9 Å². The summed E-state index contributed by atoms with van der Waals surface area (Å²) in [6, 6.07) is 10.4. The summed E-state index contributed by atoms with van der Waals surface area (Å²) in [5.41, 5.74) is 8.79. The minimum atomic E-state index is 0.00775. The number of rotatable bonds is 5. The Morgan fingerprint density at radius 2 is 2.00 bits per heavy atom. The Kier molecular flexibility index (Phi) is 4.71. The summed E-state index contributed by atoms with van der Waals surface area (Å²) in [6.45, 7) is 6.60. The molecule has 0 bridgehead atoms. The highest BCUT2D eigenvalue weighted by atomic mass is 32.1. The van der Waals surface area contributed by atoms with Crippen molar-refractivity contribution in [2.24, 2.45) is 0 Å². The maximum atomic E-state index is 9.10. The molecule has 0 amide bonds. The normalized spacial score (nSPS) is 10.4. The van der Waals surface area contributed by atoms with Crippen LogP contribution in [0.4, 0.5) is 10.7 Å². The predicted octanol–water partition coefficient (Wildman–Crippen LogP) is 3.91. The molecule has 1 aromatic carbocycles. The van der Waals surface area contributed by atoms with Gasteiger partial charge in [0.05, 0.1) is 6.10 Å². The second-order valence-electron chi connectivity index (χ2n) is 5.12. The fourth-order valence-electron chi connectivity index (χ4n) is 1.87. The van der Waals surface area contributed by atoms with Gasteiger partial charge in [0, 0.05) is 6.54 Å². The largest absolute Gasteiger partial charge is 0.486 e. The minimum Gasteiger partial charge on any atom is -0.486 e. The third kappa shape index (κ3) is 3.67. The Morgan fingerprint density at radius 1 is 1.33 bits per heavy atom. The summed E-state index contributed by atoms with van der Waals surface area (Å²) in [5.74, 6) is 0.582. The van der Waals surface area contributed by atoms with Crippen LogP contribution < -0.4 is 15.8 Å². The van der Waals surface area contributed by atoms with Crippen LogP contribution in [0.3, 0.4) is 0 Å². The maximum Gasteiger partial charge on any atom is 0.178 e. The Bertz CT molecular complexity index is 653. The molecule has 0 spiro atoms. The monoisotopic (exact) mass is 301 g/mol. The number of nitrogens with one attached hydrogen (secondary N) is 1. The van der Waals surface area contributed by atoms with Gasteiger partial charge in [-0.25, -0.2) is 0 Å². The van der Waals surface area contributed by atoms with Crippen molar-refractivity contribution in [1.29, 1.82) is 5.26 Å². The van der Waals surface area contributed by atoms with Crippen LogP contribution in [0.1, 0.15) is 29.9 Å². The number of anilines is 2. The van der Waals surface area contributed by atoms with E-state index >= 15 is 0 Å². The van der Waals surface area contributed by atoms with Crippen molar-refractivity contribution in [2.45, 2.75) is 33.4 Å². The zero-order valence-electron chi connectivity index (χ0n) is 12.4.